The van der Waals surface area contributed by atoms with Crippen molar-refractivity contribution in [1.29, 1.82) is 0 Å². The molecule has 0 bridgehead atoms. The number of nitrogens with one attached hydrogen (secondary N) is 1. The third kappa shape index (κ3) is 10.9. The first-order chi connectivity index (χ1) is 25.0. The van der Waals surface area contributed by atoms with Crippen LogP contribution < -0.4 is 5.32 Å². The zero-order valence-electron chi connectivity index (χ0n) is 33.1. The smallest absolute Gasteiger partial charge is 0.410 e. The number of unbranched alkanes of at least 4 members (excludes halogenated alkanes) is 2. The van der Waals surface area contributed by atoms with Crippen LogP contribution in [0.5, 0.6) is 0 Å². The fraction of sp³-hybridized carbons (Fsp3) is 0.634. The molecule has 290 valence electrons. The molecule has 12 heteroatoms. The van der Waals surface area contributed by atoms with Gasteiger partial charge in [0.2, 0.25) is 5.91 Å². The minimum Gasteiger partial charge on any atom is -0.444 e. The highest BCUT2D eigenvalue weighted by atomic mass is 35.5. The summed E-state index contributed by atoms with van der Waals surface area (Å²) in [6.07, 6.45) is 8.28. The van der Waals surface area contributed by atoms with Crippen molar-refractivity contribution < 1.29 is 23.9 Å². The summed E-state index contributed by atoms with van der Waals surface area (Å²) >= 11 is 6.96. The summed E-state index contributed by atoms with van der Waals surface area (Å²) in [5.41, 5.74) is 2.77. The minimum atomic E-state index is -1.33. The van der Waals surface area contributed by atoms with Crippen LogP contribution in [0, 0.1) is 18.3 Å². The number of hydrogen-bond acceptors (Lipinski definition) is 7. The lowest BCUT2D eigenvalue weighted by Crippen LogP contribution is -2.43. The van der Waals surface area contributed by atoms with Gasteiger partial charge < -0.3 is 24.3 Å². The third-order valence-corrected chi connectivity index (χ3v) is 12.7. The summed E-state index contributed by atoms with van der Waals surface area (Å²) in [6, 6.07) is 8.67. The van der Waals surface area contributed by atoms with Gasteiger partial charge in [0.1, 0.15) is 23.9 Å². The number of benzene rings is 1. The van der Waals surface area contributed by atoms with Gasteiger partial charge in [0.15, 0.2) is 0 Å². The zero-order chi connectivity index (χ0) is 38.6. The summed E-state index contributed by atoms with van der Waals surface area (Å²) in [7, 11) is -1.33. The van der Waals surface area contributed by atoms with E-state index >= 15 is 0 Å². The van der Waals surface area contributed by atoms with Crippen LogP contribution >= 0.6 is 11.6 Å². The maximum atomic E-state index is 14.1. The van der Waals surface area contributed by atoms with E-state index in [1.807, 2.05) is 52.9 Å². The van der Waals surface area contributed by atoms with Crippen LogP contribution in [0.4, 0.5) is 4.79 Å². The van der Waals surface area contributed by atoms with Gasteiger partial charge in [0.05, 0.1) is 28.5 Å². The Morgan fingerprint density at radius 3 is 2.51 bits per heavy atom. The molecule has 2 aliphatic rings. The molecular weight excluding hydrogens is 706 g/mol. The second-order valence-electron chi connectivity index (χ2n) is 17.4. The predicted molar refractivity (Wildman–Crippen MR) is 214 cm³/mol. The molecule has 1 unspecified atom stereocenters. The van der Waals surface area contributed by atoms with Crippen LogP contribution in [0.25, 0.3) is 22.2 Å². The maximum absolute atomic E-state index is 14.1. The quantitative estimate of drug-likeness (QED) is 0.114. The van der Waals surface area contributed by atoms with Crippen molar-refractivity contribution in [3.8, 4) is 11.3 Å². The molecular formula is C41H60ClN5O5Si. The fourth-order valence-electron chi connectivity index (χ4n) is 7.29. The van der Waals surface area contributed by atoms with E-state index in [2.05, 4.69) is 46.6 Å². The number of fused-ring (bicyclic) bond motifs is 1. The highest BCUT2D eigenvalue weighted by Gasteiger charge is 2.59. The number of pyridine rings is 1. The molecule has 1 saturated carbocycles. The first-order valence-corrected chi connectivity index (χ1v) is 23.6. The van der Waals surface area contributed by atoms with Gasteiger partial charge in [-0.25, -0.2) is 9.78 Å². The van der Waals surface area contributed by atoms with E-state index in [4.69, 9.17) is 26.1 Å². The van der Waals surface area contributed by atoms with Crippen molar-refractivity contribution >= 4 is 48.4 Å². The lowest BCUT2D eigenvalue weighted by atomic mass is 9.90. The molecule has 1 spiro atoms. The van der Waals surface area contributed by atoms with Gasteiger partial charge in [0, 0.05) is 63.2 Å². The lowest BCUT2D eigenvalue weighted by molar-refractivity contribution is -0.124. The molecule has 2 amide bonds. The van der Waals surface area contributed by atoms with Crippen LogP contribution in [0.3, 0.4) is 0 Å². The van der Waals surface area contributed by atoms with Crippen LogP contribution in [0.2, 0.25) is 30.7 Å². The summed E-state index contributed by atoms with van der Waals surface area (Å²) in [6.45, 7) is 18.6. The number of halogens is 1. The molecule has 2 atom stereocenters. The molecule has 1 aliphatic carbocycles. The molecule has 1 N–H and O–H groups in total. The monoisotopic (exact) mass is 765 g/mol. The van der Waals surface area contributed by atoms with Crippen molar-refractivity contribution in [3.05, 3.63) is 47.0 Å². The number of amides is 2. The number of nitrogens with zero attached hydrogens (tertiary/aromatic N) is 4. The van der Waals surface area contributed by atoms with Crippen molar-refractivity contribution in [2.24, 2.45) is 11.3 Å². The van der Waals surface area contributed by atoms with Crippen LogP contribution in [-0.4, -0.2) is 70.6 Å². The van der Waals surface area contributed by atoms with Gasteiger partial charge in [-0.15, -0.1) is 0 Å². The number of ether oxygens (including phenoxy) is 2. The third-order valence-electron chi connectivity index (χ3n) is 10.7. The summed E-state index contributed by atoms with van der Waals surface area (Å²) in [5, 5.41) is 4.98. The largest absolute Gasteiger partial charge is 0.444 e. The van der Waals surface area contributed by atoms with Crippen molar-refractivity contribution in [1.82, 2.24) is 24.8 Å². The molecule has 2 aromatic heterocycles. The second kappa shape index (κ2) is 17.0. The van der Waals surface area contributed by atoms with Crippen LogP contribution in [-0.2, 0) is 25.8 Å². The molecule has 10 nitrogen and oxygen atoms in total. The van der Waals surface area contributed by atoms with E-state index in [9.17, 15) is 14.4 Å². The molecule has 2 fully saturated rings. The second-order valence-corrected chi connectivity index (χ2v) is 23.4. The number of carbonyl (C=O) groups excluding carboxylic acids is 3. The Morgan fingerprint density at radius 2 is 1.83 bits per heavy atom. The summed E-state index contributed by atoms with van der Waals surface area (Å²) in [5.74, 6) is 0.927. The molecule has 53 heavy (non-hydrogen) atoms. The van der Waals surface area contributed by atoms with E-state index in [0.29, 0.717) is 44.0 Å². The molecule has 0 radical (unpaired) electrons. The fourth-order valence-corrected chi connectivity index (χ4v) is 8.30. The van der Waals surface area contributed by atoms with Gasteiger partial charge in [0.25, 0.3) is 0 Å². The van der Waals surface area contributed by atoms with E-state index < -0.39 is 13.7 Å². The van der Waals surface area contributed by atoms with E-state index in [0.717, 1.165) is 78.2 Å². The topological polar surface area (TPSA) is 116 Å². The average molecular weight is 766 g/mol. The Kier molecular flexibility index (Phi) is 13.1. The van der Waals surface area contributed by atoms with E-state index in [-0.39, 0.29) is 41.9 Å². The molecule has 3 aromatic rings. The van der Waals surface area contributed by atoms with Crippen molar-refractivity contribution in [2.45, 2.75) is 136 Å². The van der Waals surface area contributed by atoms with E-state index in [1.54, 1.807) is 4.90 Å². The number of Topliss-reactive ketones (excluding diaryl/α,β-unsaturated/α-hetero) is 1. The molecule has 1 saturated heterocycles. The predicted octanol–water partition coefficient (Wildman–Crippen LogP) is 9.50. The number of hydrogen-bond donors (Lipinski definition) is 1. The summed E-state index contributed by atoms with van der Waals surface area (Å²) < 4.78 is 14.0. The first kappa shape index (κ1) is 40.9. The first-order valence-electron chi connectivity index (χ1n) is 19.5. The normalized spacial score (nSPS) is 17.6. The Morgan fingerprint density at radius 1 is 1.09 bits per heavy atom. The van der Waals surface area contributed by atoms with E-state index in [1.165, 1.54) is 0 Å². The molecule has 1 aromatic carbocycles. The number of piperidine rings is 1. The standard InChI is InChI=1S/C41H60ClN5O5Si/c1-9-30(48)13-11-10-12-14-34(45-38(49)32-25-41(32)17-19-46(20-18-41)39(50)52-40(3,4)5)37-43-26-36(47(37)27-51-21-22-53(6,7)8)31-23-29-16-15-28(2)44-35(29)24-33(31)42/h15-16,23-24,26,32,34H,9-14,17-22,25,27H2,1-8H3,(H,45,49)/t32-,34?/m1/s1. The van der Waals surface area contributed by atoms with Gasteiger partial charge >= 0.3 is 6.09 Å². The zero-order valence-corrected chi connectivity index (χ0v) is 34.9. The molecule has 1 aliphatic heterocycles. The number of imidazole rings is 1. The lowest BCUT2D eigenvalue weighted by Gasteiger charge is -2.34. The number of likely N-dealkylation sites (tertiary alicyclic amines) is 1. The Bertz CT molecular complexity index is 1770. The van der Waals surface area contributed by atoms with Gasteiger partial charge in [-0.2, -0.15) is 0 Å². The minimum absolute atomic E-state index is 0.0304. The summed E-state index contributed by atoms with van der Waals surface area (Å²) in [4.78, 5) is 50.3. The van der Waals surface area contributed by atoms with Gasteiger partial charge in [-0.05, 0) is 89.5 Å². The van der Waals surface area contributed by atoms with Gasteiger partial charge in [-0.3, -0.25) is 14.6 Å². The van der Waals surface area contributed by atoms with Crippen molar-refractivity contribution in [2.75, 3.05) is 19.7 Å². The Balaban J connectivity index is 1.39. The van der Waals surface area contributed by atoms with Gasteiger partial charge in [-0.1, -0.05) is 57.1 Å². The average Bonchev–Trinajstić information content (AvgIpc) is 3.62. The van der Waals surface area contributed by atoms with Crippen LogP contribution in [0.1, 0.15) is 103 Å². The number of carbonyl (C=O) groups is 3. The molecule has 5 rings (SSSR count). The SMILES string of the molecule is CCC(=O)CCCCCC(NC(=O)[C@H]1CC12CCN(C(=O)OC(C)(C)C)CC2)c1ncc(-c2cc3ccc(C)nc3cc2Cl)n1COCC[Si](C)(C)C. The number of rotatable bonds is 16. The number of aryl methyl sites for hydroxylation is 1. The number of ketones is 1. The number of aromatic nitrogens is 3. The van der Waals surface area contributed by atoms with Crippen LogP contribution in [0.15, 0.2) is 30.5 Å². The highest BCUT2D eigenvalue weighted by molar-refractivity contribution is 6.76. The van der Waals surface area contributed by atoms with Crippen molar-refractivity contribution in [3.63, 3.8) is 0 Å². The Hall–Kier alpha value is -3.28. The maximum Gasteiger partial charge on any atom is 0.410 e. The molecule has 3 heterocycles. The Labute approximate surface area is 321 Å². The highest BCUT2D eigenvalue weighted by Crippen LogP contribution is 2.59.